The number of carbonyl (C=O) groups excluding carboxylic acids is 2. The summed E-state index contributed by atoms with van der Waals surface area (Å²) in [5, 5.41) is 0. The summed E-state index contributed by atoms with van der Waals surface area (Å²) in [5.74, 6) is 0.369. The summed E-state index contributed by atoms with van der Waals surface area (Å²) >= 11 is 1.66. The van der Waals surface area contributed by atoms with Gasteiger partial charge in [0.1, 0.15) is 0 Å². The third-order valence-electron chi connectivity index (χ3n) is 3.52. The maximum absolute atomic E-state index is 12.5. The van der Waals surface area contributed by atoms with E-state index in [0.717, 1.165) is 10.5 Å². The second-order valence-electron chi connectivity index (χ2n) is 5.43. The van der Waals surface area contributed by atoms with Crippen LogP contribution in [-0.2, 0) is 16.1 Å². The number of amides is 2. The van der Waals surface area contributed by atoms with Crippen LogP contribution in [-0.4, -0.2) is 29.0 Å². The molecule has 2 aromatic carbocycles. The minimum absolute atomic E-state index is 0.0449. The van der Waals surface area contributed by atoms with Crippen molar-refractivity contribution in [2.24, 2.45) is 5.73 Å². The summed E-state index contributed by atoms with van der Waals surface area (Å²) in [6.07, 6.45) is 0.621. The number of hydrogen-bond donors (Lipinski definition) is 1. The molecule has 2 N–H and O–H groups in total. The van der Waals surface area contributed by atoms with E-state index in [-0.39, 0.29) is 18.2 Å². The summed E-state index contributed by atoms with van der Waals surface area (Å²) < 4.78 is 0. The summed E-state index contributed by atoms with van der Waals surface area (Å²) in [6, 6.07) is 19.8. The van der Waals surface area contributed by atoms with Gasteiger partial charge in [0, 0.05) is 36.6 Å². The molecule has 0 fully saturated rings. The predicted octanol–water partition coefficient (Wildman–Crippen LogP) is 3.07. The Morgan fingerprint density at radius 2 is 1.54 bits per heavy atom. The second kappa shape index (κ2) is 9.78. The molecule has 2 aromatic rings. The van der Waals surface area contributed by atoms with Gasteiger partial charge in [-0.2, -0.15) is 0 Å². The van der Waals surface area contributed by atoms with Crippen molar-refractivity contribution >= 4 is 23.6 Å². The van der Waals surface area contributed by atoms with Gasteiger partial charge in [-0.1, -0.05) is 48.5 Å². The van der Waals surface area contributed by atoms with E-state index >= 15 is 0 Å². The maximum Gasteiger partial charge on any atom is 0.223 e. The van der Waals surface area contributed by atoms with Crippen LogP contribution in [0.2, 0.25) is 0 Å². The molecule has 5 heteroatoms. The van der Waals surface area contributed by atoms with Crippen molar-refractivity contribution < 1.29 is 9.59 Å². The van der Waals surface area contributed by atoms with Crippen LogP contribution < -0.4 is 5.73 Å². The fraction of sp³-hybridized carbons (Fsp3) is 0.263. The normalized spacial score (nSPS) is 10.3. The standard InChI is InChI=1S/C19H22N2O2S/c20-18(22)11-13-21(15-16-7-3-1-4-8-16)19(23)12-14-24-17-9-5-2-6-10-17/h1-10H,11-15H2,(H2,20,22). The molecule has 2 rings (SSSR count). The Kier molecular flexibility index (Phi) is 7.36. The van der Waals surface area contributed by atoms with Gasteiger partial charge in [-0.25, -0.2) is 0 Å². The summed E-state index contributed by atoms with van der Waals surface area (Å²) in [5.41, 5.74) is 6.28. The van der Waals surface area contributed by atoms with E-state index in [1.165, 1.54) is 0 Å². The number of nitrogens with zero attached hydrogens (tertiary/aromatic N) is 1. The Bertz CT molecular complexity index is 647. The van der Waals surface area contributed by atoms with Gasteiger partial charge in [-0.15, -0.1) is 11.8 Å². The average molecular weight is 342 g/mol. The van der Waals surface area contributed by atoms with Crippen LogP contribution in [0.5, 0.6) is 0 Å². The molecule has 2 amide bonds. The zero-order valence-corrected chi connectivity index (χ0v) is 14.4. The molecule has 0 heterocycles. The highest BCUT2D eigenvalue weighted by atomic mass is 32.2. The van der Waals surface area contributed by atoms with E-state index in [0.29, 0.717) is 25.3 Å². The van der Waals surface area contributed by atoms with E-state index in [1.54, 1.807) is 16.7 Å². The van der Waals surface area contributed by atoms with Crippen molar-refractivity contribution in [1.29, 1.82) is 0 Å². The summed E-state index contributed by atoms with van der Waals surface area (Å²) in [4.78, 5) is 26.4. The number of thioether (sulfide) groups is 1. The molecule has 0 aliphatic heterocycles. The fourth-order valence-corrected chi connectivity index (χ4v) is 3.13. The lowest BCUT2D eigenvalue weighted by molar-refractivity contribution is -0.131. The molecular formula is C19H22N2O2S. The summed E-state index contributed by atoms with van der Waals surface area (Å²) in [7, 11) is 0. The van der Waals surface area contributed by atoms with E-state index in [9.17, 15) is 9.59 Å². The van der Waals surface area contributed by atoms with Crippen LogP contribution in [0.4, 0.5) is 0 Å². The lowest BCUT2D eigenvalue weighted by Crippen LogP contribution is -2.33. The van der Waals surface area contributed by atoms with Gasteiger partial charge in [-0.3, -0.25) is 9.59 Å². The highest BCUT2D eigenvalue weighted by Crippen LogP contribution is 2.18. The van der Waals surface area contributed by atoms with Crippen LogP contribution in [0.3, 0.4) is 0 Å². The fourth-order valence-electron chi connectivity index (χ4n) is 2.27. The van der Waals surface area contributed by atoms with Gasteiger partial charge in [-0.05, 0) is 17.7 Å². The first-order valence-electron chi connectivity index (χ1n) is 7.93. The largest absolute Gasteiger partial charge is 0.370 e. The number of primary amides is 1. The van der Waals surface area contributed by atoms with Crippen molar-refractivity contribution in [2.45, 2.75) is 24.3 Å². The zero-order chi connectivity index (χ0) is 17.2. The van der Waals surface area contributed by atoms with Crippen molar-refractivity contribution in [1.82, 2.24) is 4.90 Å². The third kappa shape index (κ3) is 6.46. The minimum Gasteiger partial charge on any atom is -0.370 e. The zero-order valence-electron chi connectivity index (χ0n) is 13.6. The van der Waals surface area contributed by atoms with E-state index < -0.39 is 0 Å². The first kappa shape index (κ1) is 18.1. The maximum atomic E-state index is 12.5. The van der Waals surface area contributed by atoms with Crippen molar-refractivity contribution in [2.75, 3.05) is 12.3 Å². The molecule has 0 radical (unpaired) electrons. The van der Waals surface area contributed by atoms with Crippen molar-refractivity contribution in [3.8, 4) is 0 Å². The van der Waals surface area contributed by atoms with E-state index in [2.05, 4.69) is 0 Å². The molecule has 0 aliphatic carbocycles. The highest BCUT2D eigenvalue weighted by molar-refractivity contribution is 7.99. The molecule has 0 atom stereocenters. The van der Waals surface area contributed by atoms with Crippen molar-refractivity contribution in [3.05, 3.63) is 66.2 Å². The van der Waals surface area contributed by atoms with Crippen LogP contribution in [0.25, 0.3) is 0 Å². The first-order chi connectivity index (χ1) is 11.6. The van der Waals surface area contributed by atoms with Crippen LogP contribution in [0.1, 0.15) is 18.4 Å². The lowest BCUT2D eigenvalue weighted by atomic mass is 10.2. The molecule has 0 saturated heterocycles. The lowest BCUT2D eigenvalue weighted by Gasteiger charge is -2.22. The highest BCUT2D eigenvalue weighted by Gasteiger charge is 2.14. The molecular weight excluding hydrogens is 320 g/mol. The molecule has 0 spiro atoms. The van der Waals surface area contributed by atoms with Gasteiger partial charge in [0.2, 0.25) is 11.8 Å². The topological polar surface area (TPSA) is 63.4 Å². The van der Waals surface area contributed by atoms with Gasteiger partial charge < -0.3 is 10.6 Å². The van der Waals surface area contributed by atoms with Crippen LogP contribution in [0, 0.1) is 0 Å². The molecule has 0 saturated carbocycles. The Balaban J connectivity index is 1.89. The molecule has 0 aromatic heterocycles. The molecule has 126 valence electrons. The predicted molar refractivity (Wildman–Crippen MR) is 97.5 cm³/mol. The number of hydrogen-bond acceptors (Lipinski definition) is 3. The van der Waals surface area contributed by atoms with Crippen LogP contribution >= 0.6 is 11.8 Å². The Morgan fingerprint density at radius 1 is 0.917 bits per heavy atom. The Hall–Kier alpha value is -2.27. The number of rotatable bonds is 9. The van der Waals surface area contributed by atoms with E-state index in [1.807, 2.05) is 60.7 Å². The number of carbonyl (C=O) groups is 2. The average Bonchev–Trinajstić information content (AvgIpc) is 2.60. The number of nitrogens with two attached hydrogens (primary N) is 1. The monoisotopic (exact) mass is 342 g/mol. The summed E-state index contributed by atoms with van der Waals surface area (Å²) in [6.45, 7) is 0.863. The van der Waals surface area contributed by atoms with E-state index in [4.69, 9.17) is 5.73 Å². The second-order valence-corrected chi connectivity index (χ2v) is 6.60. The molecule has 0 bridgehead atoms. The molecule has 0 unspecified atom stereocenters. The van der Waals surface area contributed by atoms with Crippen molar-refractivity contribution in [3.63, 3.8) is 0 Å². The Morgan fingerprint density at radius 3 is 2.17 bits per heavy atom. The third-order valence-corrected chi connectivity index (χ3v) is 4.54. The Labute approximate surface area is 147 Å². The molecule has 4 nitrogen and oxygen atoms in total. The van der Waals surface area contributed by atoms with Gasteiger partial charge in [0.15, 0.2) is 0 Å². The number of benzene rings is 2. The molecule has 0 aliphatic rings. The SMILES string of the molecule is NC(=O)CCN(Cc1ccccc1)C(=O)CCSc1ccccc1. The van der Waals surface area contributed by atoms with Gasteiger partial charge in [0.05, 0.1) is 0 Å². The minimum atomic E-state index is -0.389. The first-order valence-corrected chi connectivity index (χ1v) is 8.91. The quantitative estimate of drug-likeness (QED) is 0.712. The smallest absolute Gasteiger partial charge is 0.223 e. The molecule has 24 heavy (non-hydrogen) atoms. The van der Waals surface area contributed by atoms with Crippen LogP contribution in [0.15, 0.2) is 65.6 Å². The van der Waals surface area contributed by atoms with Gasteiger partial charge in [0.25, 0.3) is 0 Å². The van der Waals surface area contributed by atoms with Gasteiger partial charge >= 0.3 is 0 Å².